The van der Waals surface area contributed by atoms with E-state index in [-0.39, 0.29) is 11.6 Å². The Balaban J connectivity index is 1.32. The summed E-state index contributed by atoms with van der Waals surface area (Å²) in [6.45, 7) is 2.14. The lowest BCUT2D eigenvalue weighted by Gasteiger charge is -2.13. The van der Waals surface area contributed by atoms with Crippen molar-refractivity contribution in [3.8, 4) is 11.1 Å². The summed E-state index contributed by atoms with van der Waals surface area (Å²) in [5.41, 5.74) is 5.32. The lowest BCUT2D eigenvalue weighted by Crippen LogP contribution is -2.14. The Labute approximate surface area is 199 Å². The van der Waals surface area contributed by atoms with Crippen LogP contribution in [0.4, 0.5) is 0 Å². The fourth-order valence-corrected chi connectivity index (χ4v) is 4.40. The molecule has 5 nitrogen and oxygen atoms in total. The van der Waals surface area contributed by atoms with E-state index in [1.807, 2.05) is 28.9 Å². The number of hydrogen-bond acceptors (Lipinski definition) is 3. The van der Waals surface area contributed by atoms with Gasteiger partial charge in [0.25, 0.3) is 5.56 Å². The molecule has 2 heterocycles. The third kappa shape index (κ3) is 4.84. The average Bonchev–Trinajstić information content (AvgIpc) is 3.30. The summed E-state index contributed by atoms with van der Waals surface area (Å²) in [6.07, 6.45) is 5.25. The predicted octanol–water partition coefficient (Wildman–Crippen LogP) is 5.96. The van der Waals surface area contributed by atoms with Crippen molar-refractivity contribution in [3.05, 3.63) is 118 Å². The van der Waals surface area contributed by atoms with Crippen molar-refractivity contribution in [1.82, 2.24) is 19.7 Å². The van der Waals surface area contributed by atoms with Crippen molar-refractivity contribution in [3.63, 3.8) is 0 Å². The molecule has 2 aromatic heterocycles. The van der Waals surface area contributed by atoms with Gasteiger partial charge in [-0.3, -0.25) is 4.79 Å². The van der Waals surface area contributed by atoms with E-state index >= 15 is 0 Å². The quantitative estimate of drug-likeness (QED) is 0.318. The zero-order valence-corrected chi connectivity index (χ0v) is 19.3. The lowest BCUT2D eigenvalue weighted by atomic mass is 10.0. The van der Waals surface area contributed by atoms with Crippen LogP contribution in [0.2, 0.25) is 0 Å². The molecule has 1 atom stereocenters. The van der Waals surface area contributed by atoms with Gasteiger partial charge >= 0.3 is 0 Å². The first-order valence-electron chi connectivity index (χ1n) is 11.8. The molecule has 1 unspecified atom stereocenters. The Morgan fingerprint density at radius 2 is 1.53 bits per heavy atom. The van der Waals surface area contributed by atoms with E-state index in [4.69, 9.17) is 4.98 Å². The van der Waals surface area contributed by atoms with E-state index in [1.165, 1.54) is 16.7 Å². The van der Waals surface area contributed by atoms with E-state index in [1.54, 1.807) is 6.20 Å². The molecule has 170 valence electrons. The smallest absolute Gasteiger partial charge is 0.262 e. The number of aryl methyl sites for hydroxylation is 1. The Kier molecular flexibility index (Phi) is 6.34. The van der Waals surface area contributed by atoms with Crippen molar-refractivity contribution in [2.45, 2.75) is 38.6 Å². The van der Waals surface area contributed by atoms with Gasteiger partial charge in [-0.05, 0) is 48.4 Å². The van der Waals surface area contributed by atoms with Crippen LogP contribution in [0.25, 0.3) is 22.2 Å². The molecule has 0 fully saturated rings. The Morgan fingerprint density at radius 3 is 2.26 bits per heavy atom. The summed E-state index contributed by atoms with van der Waals surface area (Å²) in [5.74, 6) is 0.656. The summed E-state index contributed by atoms with van der Waals surface area (Å²) in [6, 6.07) is 29.4. The van der Waals surface area contributed by atoms with Crippen LogP contribution in [0.1, 0.15) is 42.8 Å². The van der Waals surface area contributed by atoms with Gasteiger partial charge in [0.15, 0.2) is 5.65 Å². The van der Waals surface area contributed by atoms with E-state index in [0.717, 1.165) is 24.8 Å². The van der Waals surface area contributed by atoms with Gasteiger partial charge in [0.1, 0.15) is 11.2 Å². The van der Waals surface area contributed by atoms with Crippen molar-refractivity contribution in [1.29, 1.82) is 0 Å². The molecule has 0 amide bonds. The zero-order chi connectivity index (χ0) is 23.3. The molecule has 1 N–H and O–H groups in total. The first-order valence-corrected chi connectivity index (χ1v) is 11.8. The van der Waals surface area contributed by atoms with Gasteiger partial charge < -0.3 is 4.98 Å². The Hall–Kier alpha value is -3.99. The van der Waals surface area contributed by atoms with E-state index < -0.39 is 0 Å². The molecular weight excluding hydrogens is 420 g/mol. The predicted molar refractivity (Wildman–Crippen MR) is 137 cm³/mol. The normalized spacial score (nSPS) is 12.1. The van der Waals surface area contributed by atoms with Crippen LogP contribution < -0.4 is 5.56 Å². The number of aromatic amines is 1. The highest BCUT2D eigenvalue weighted by Gasteiger charge is 2.15. The molecule has 5 rings (SSSR count). The molecule has 0 saturated carbocycles. The highest BCUT2D eigenvalue weighted by atomic mass is 16.1. The van der Waals surface area contributed by atoms with Crippen LogP contribution >= 0.6 is 0 Å². The maximum Gasteiger partial charge on any atom is 0.262 e. The van der Waals surface area contributed by atoms with Gasteiger partial charge in [0.2, 0.25) is 0 Å². The monoisotopic (exact) mass is 448 g/mol. The molecule has 34 heavy (non-hydrogen) atoms. The topological polar surface area (TPSA) is 63.6 Å². The Morgan fingerprint density at radius 1 is 0.853 bits per heavy atom. The molecule has 0 radical (unpaired) electrons. The minimum atomic E-state index is -0.136. The third-order valence-electron chi connectivity index (χ3n) is 6.29. The Bertz CT molecular complexity index is 1420. The summed E-state index contributed by atoms with van der Waals surface area (Å²) >= 11 is 0. The number of nitrogens with zero attached hydrogens (tertiary/aromatic N) is 3. The standard InChI is InChI=1S/C29H28N4O/c1-21(9-8-12-22-10-4-2-5-11-22)33-28-26(20-30-33)29(34)32-27(31-28)19-23-15-17-25(18-16-23)24-13-6-3-7-14-24/h2-7,10-11,13-18,20-21H,8-9,12,19H2,1H3,(H,31,32,34). The maximum absolute atomic E-state index is 12.7. The molecule has 5 heteroatoms. The maximum atomic E-state index is 12.7. The molecule has 0 spiro atoms. The van der Waals surface area contributed by atoms with E-state index in [0.29, 0.717) is 23.3 Å². The number of hydrogen-bond donors (Lipinski definition) is 1. The first kappa shape index (κ1) is 21.8. The summed E-state index contributed by atoms with van der Waals surface area (Å²) in [7, 11) is 0. The molecule has 0 bridgehead atoms. The van der Waals surface area contributed by atoms with Crippen molar-refractivity contribution < 1.29 is 0 Å². The van der Waals surface area contributed by atoms with Gasteiger partial charge in [-0.2, -0.15) is 5.10 Å². The molecule has 0 saturated heterocycles. The molecule has 0 aliphatic carbocycles. The highest BCUT2D eigenvalue weighted by molar-refractivity contribution is 5.73. The number of fused-ring (bicyclic) bond motifs is 1. The largest absolute Gasteiger partial charge is 0.310 e. The molecule has 3 aromatic carbocycles. The molecule has 0 aliphatic rings. The second-order valence-electron chi connectivity index (χ2n) is 8.81. The van der Waals surface area contributed by atoms with Gasteiger partial charge in [-0.15, -0.1) is 0 Å². The van der Waals surface area contributed by atoms with Crippen LogP contribution in [0.5, 0.6) is 0 Å². The van der Waals surface area contributed by atoms with E-state index in [2.05, 4.69) is 77.7 Å². The van der Waals surface area contributed by atoms with Crippen molar-refractivity contribution >= 4 is 11.0 Å². The van der Waals surface area contributed by atoms with Crippen molar-refractivity contribution in [2.24, 2.45) is 0 Å². The average molecular weight is 449 g/mol. The van der Waals surface area contributed by atoms with Gasteiger partial charge in [-0.1, -0.05) is 84.9 Å². The first-order chi connectivity index (χ1) is 16.7. The fraction of sp³-hybridized carbons (Fsp3) is 0.207. The van der Waals surface area contributed by atoms with Gasteiger partial charge in [0.05, 0.1) is 12.2 Å². The van der Waals surface area contributed by atoms with E-state index in [9.17, 15) is 4.79 Å². The highest BCUT2D eigenvalue weighted by Crippen LogP contribution is 2.21. The third-order valence-corrected chi connectivity index (χ3v) is 6.29. The number of aromatic nitrogens is 4. The van der Waals surface area contributed by atoms with Crippen LogP contribution in [-0.4, -0.2) is 19.7 Å². The van der Waals surface area contributed by atoms with Gasteiger partial charge in [0, 0.05) is 6.42 Å². The summed E-state index contributed by atoms with van der Waals surface area (Å²) < 4.78 is 1.90. The van der Waals surface area contributed by atoms with Crippen LogP contribution in [0, 0.1) is 0 Å². The molecular formula is C29H28N4O. The van der Waals surface area contributed by atoms with Crippen LogP contribution in [0.3, 0.4) is 0 Å². The second-order valence-corrected chi connectivity index (χ2v) is 8.81. The minimum Gasteiger partial charge on any atom is -0.310 e. The van der Waals surface area contributed by atoms with Crippen LogP contribution in [-0.2, 0) is 12.8 Å². The number of nitrogens with one attached hydrogen (secondary N) is 1. The van der Waals surface area contributed by atoms with Crippen LogP contribution in [0.15, 0.2) is 95.9 Å². The number of rotatable bonds is 8. The lowest BCUT2D eigenvalue weighted by molar-refractivity contribution is 0.456. The van der Waals surface area contributed by atoms with Gasteiger partial charge in [-0.25, -0.2) is 9.67 Å². The molecule has 0 aliphatic heterocycles. The summed E-state index contributed by atoms with van der Waals surface area (Å²) in [4.78, 5) is 20.5. The number of H-pyrrole nitrogens is 1. The number of benzene rings is 3. The molecule has 5 aromatic rings. The minimum absolute atomic E-state index is 0.136. The summed E-state index contributed by atoms with van der Waals surface area (Å²) in [5, 5.41) is 5.05. The SMILES string of the molecule is CC(CCCc1ccccc1)n1ncc2c(=O)[nH]c(Cc3ccc(-c4ccccc4)cc3)nc21. The van der Waals surface area contributed by atoms with Crippen molar-refractivity contribution in [2.75, 3.05) is 0 Å². The fourth-order valence-electron chi connectivity index (χ4n) is 4.40. The second kappa shape index (κ2) is 9.87. The zero-order valence-electron chi connectivity index (χ0n) is 19.3.